The van der Waals surface area contributed by atoms with E-state index in [1.807, 2.05) is 22.8 Å². The molecule has 0 spiro atoms. The molecule has 6 nitrogen and oxygen atoms in total. The molecule has 2 aromatic heterocycles. The van der Waals surface area contributed by atoms with Crippen LogP contribution in [0.4, 0.5) is 5.82 Å². The molecule has 0 bridgehead atoms. The summed E-state index contributed by atoms with van der Waals surface area (Å²) in [6.45, 7) is 4.41. The van der Waals surface area contributed by atoms with Gasteiger partial charge in [-0.2, -0.15) is 0 Å². The van der Waals surface area contributed by atoms with Gasteiger partial charge < -0.3 is 9.88 Å². The van der Waals surface area contributed by atoms with E-state index < -0.39 is 0 Å². The Balaban J connectivity index is 1.59. The zero-order chi connectivity index (χ0) is 19.8. The van der Waals surface area contributed by atoms with E-state index in [1.54, 1.807) is 18.2 Å². The summed E-state index contributed by atoms with van der Waals surface area (Å²) in [5, 5.41) is 12.5. The van der Waals surface area contributed by atoms with Crippen LogP contribution in [-0.4, -0.2) is 31.4 Å². The number of thioether (sulfide) groups is 1. The number of carbonyl (C=O) groups is 1. The molecule has 0 unspecified atom stereocenters. The molecule has 144 valence electrons. The SMILES string of the molecule is C=CCn1c(CCc2ccccc2)nnc1SCC(=O)Nc1ccc(Cl)cn1. The van der Waals surface area contributed by atoms with Crippen molar-refractivity contribution in [1.29, 1.82) is 0 Å². The average molecular weight is 414 g/mol. The molecule has 0 atom stereocenters. The molecule has 3 aromatic rings. The van der Waals surface area contributed by atoms with Crippen LogP contribution in [0.15, 0.2) is 66.5 Å². The normalized spacial score (nSPS) is 10.6. The Morgan fingerprint density at radius 2 is 2.00 bits per heavy atom. The predicted molar refractivity (Wildman–Crippen MR) is 113 cm³/mol. The highest BCUT2D eigenvalue weighted by Crippen LogP contribution is 2.19. The van der Waals surface area contributed by atoms with Crippen molar-refractivity contribution < 1.29 is 4.79 Å². The van der Waals surface area contributed by atoms with Crippen LogP contribution in [0.25, 0.3) is 0 Å². The van der Waals surface area contributed by atoms with Crippen LogP contribution >= 0.6 is 23.4 Å². The second kappa shape index (κ2) is 10.1. The van der Waals surface area contributed by atoms with Gasteiger partial charge in [0, 0.05) is 19.2 Å². The number of amides is 1. The molecule has 0 fully saturated rings. The Kier molecular flexibility index (Phi) is 7.22. The minimum Gasteiger partial charge on any atom is -0.310 e. The maximum Gasteiger partial charge on any atom is 0.236 e. The number of nitrogens with zero attached hydrogens (tertiary/aromatic N) is 4. The largest absolute Gasteiger partial charge is 0.310 e. The molecule has 1 aromatic carbocycles. The molecule has 1 N–H and O–H groups in total. The Hall–Kier alpha value is -2.64. The van der Waals surface area contributed by atoms with Crippen molar-refractivity contribution in [2.45, 2.75) is 24.5 Å². The number of nitrogens with one attached hydrogen (secondary N) is 1. The molecular weight excluding hydrogens is 394 g/mol. The minimum atomic E-state index is -0.168. The van der Waals surface area contributed by atoms with Gasteiger partial charge in [-0.1, -0.05) is 59.8 Å². The molecular formula is C20H20ClN5OS. The second-order valence-electron chi connectivity index (χ2n) is 5.98. The van der Waals surface area contributed by atoms with Gasteiger partial charge in [0.05, 0.1) is 10.8 Å². The molecule has 0 aliphatic heterocycles. The van der Waals surface area contributed by atoms with E-state index in [2.05, 4.69) is 39.2 Å². The maximum atomic E-state index is 12.2. The molecule has 0 saturated heterocycles. The lowest BCUT2D eigenvalue weighted by Crippen LogP contribution is -2.15. The first-order valence-corrected chi connectivity index (χ1v) is 10.1. The summed E-state index contributed by atoms with van der Waals surface area (Å²) < 4.78 is 1.99. The van der Waals surface area contributed by atoms with Crippen LogP contribution < -0.4 is 5.32 Å². The number of rotatable bonds is 9. The van der Waals surface area contributed by atoms with Crippen molar-refractivity contribution in [3.05, 3.63) is 77.7 Å². The zero-order valence-electron chi connectivity index (χ0n) is 15.2. The third-order valence-corrected chi connectivity index (χ3v) is 5.10. The smallest absolute Gasteiger partial charge is 0.236 e. The predicted octanol–water partition coefficient (Wildman–Crippen LogP) is 4.03. The molecule has 0 aliphatic carbocycles. The number of halogens is 1. The fourth-order valence-electron chi connectivity index (χ4n) is 2.58. The number of hydrogen-bond acceptors (Lipinski definition) is 5. The van der Waals surface area contributed by atoms with Crippen LogP contribution in [0.1, 0.15) is 11.4 Å². The summed E-state index contributed by atoms with van der Waals surface area (Å²) in [6, 6.07) is 13.6. The zero-order valence-corrected chi connectivity index (χ0v) is 16.8. The topological polar surface area (TPSA) is 72.7 Å². The standard InChI is InChI=1S/C20H20ClN5OS/c1-2-12-26-18(11-8-15-6-4-3-5-7-15)24-25-20(26)28-14-19(27)23-17-10-9-16(21)13-22-17/h2-7,9-10,13H,1,8,11-12,14H2,(H,22,23,27). The van der Waals surface area contributed by atoms with Gasteiger partial charge in [0.15, 0.2) is 5.16 Å². The Labute approximate surface area is 173 Å². The molecule has 0 saturated carbocycles. The summed E-state index contributed by atoms with van der Waals surface area (Å²) in [5.41, 5.74) is 1.25. The van der Waals surface area contributed by atoms with Gasteiger partial charge in [-0.15, -0.1) is 16.8 Å². The number of aromatic nitrogens is 4. The number of pyridine rings is 1. The Bertz CT molecular complexity index is 928. The van der Waals surface area contributed by atoms with Crippen LogP contribution in [0.5, 0.6) is 0 Å². The second-order valence-corrected chi connectivity index (χ2v) is 7.36. The van der Waals surface area contributed by atoms with Crippen molar-refractivity contribution in [3.63, 3.8) is 0 Å². The van der Waals surface area contributed by atoms with Crippen LogP contribution in [0.3, 0.4) is 0 Å². The highest BCUT2D eigenvalue weighted by molar-refractivity contribution is 7.99. The van der Waals surface area contributed by atoms with E-state index in [1.165, 1.54) is 23.5 Å². The van der Waals surface area contributed by atoms with Crippen molar-refractivity contribution in [1.82, 2.24) is 19.7 Å². The first-order chi connectivity index (χ1) is 13.7. The lowest BCUT2D eigenvalue weighted by molar-refractivity contribution is -0.113. The molecule has 8 heteroatoms. The van der Waals surface area contributed by atoms with Crippen molar-refractivity contribution in [2.75, 3.05) is 11.1 Å². The average Bonchev–Trinajstić information content (AvgIpc) is 3.09. The lowest BCUT2D eigenvalue weighted by atomic mass is 10.1. The van der Waals surface area contributed by atoms with Crippen LogP contribution in [-0.2, 0) is 24.2 Å². The van der Waals surface area contributed by atoms with Gasteiger partial charge in [-0.3, -0.25) is 4.79 Å². The van der Waals surface area contributed by atoms with E-state index in [0.717, 1.165) is 18.7 Å². The van der Waals surface area contributed by atoms with E-state index in [4.69, 9.17) is 11.6 Å². The number of allylic oxidation sites excluding steroid dienone is 1. The number of benzene rings is 1. The molecule has 0 aliphatic rings. The van der Waals surface area contributed by atoms with Gasteiger partial charge in [-0.25, -0.2) is 4.98 Å². The Morgan fingerprint density at radius 3 is 2.71 bits per heavy atom. The van der Waals surface area contributed by atoms with E-state index >= 15 is 0 Å². The van der Waals surface area contributed by atoms with Crippen molar-refractivity contribution in [2.24, 2.45) is 0 Å². The van der Waals surface area contributed by atoms with Crippen LogP contribution in [0.2, 0.25) is 5.02 Å². The van der Waals surface area contributed by atoms with Gasteiger partial charge in [0.25, 0.3) is 0 Å². The maximum absolute atomic E-state index is 12.2. The summed E-state index contributed by atoms with van der Waals surface area (Å²) in [6.07, 6.45) is 4.94. The number of aryl methyl sites for hydroxylation is 2. The number of carbonyl (C=O) groups excluding carboxylic acids is 1. The summed E-state index contributed by atoms with van der Waals surface area (Å²) in [4.78, 5) is 16.2. The molecule has 3 rings (SSSR count). The summed E-state index contributed by atoms with van der Waals surface area (Å²) >= 11 is 7.13. The fraction of sp³-hybridized carbons (Fsp3) is 0.200. The minimum absolute atomic E-state index is 0.168. The van der Waals surface area contributed by atoms with Gasteiger partial charge in [0.1, 0.15) is 11.6 Å². The van der Waals surface area contributed by atoms with E-state index in [9.17, 15) is 4.79 Å². The quantitative estimate of drug-likeness (QED) is 0.423. The van der Waals surface area contributed by atoms with Gasteiger partial charge in [0.2, 0.25) is 5.91 Å². The van der Waals surface area contributed by atoms with Crippen molar-refractivity contribution in [3.8, 4) is 0 Å². The third kappa shape index (κ3) is 5.68. The molecule has 2 heterocycles. The Morgan fingerprint density at radius 1 is 1.18 bits per heavy atom. The van der Waals surface area contributed by atoms with E-state index in [-0.39, 0.29) is 11.7 Å². The van der Waals surface area contributed by atoms with Gasteiger partial charge >= 0.3 is 0 Å². The lowest BCUT2D eigenvalue weighted by Gasteiger charge is -2.08. The molecule has 1 amide bonds. The third-order valence-electron chi connectivity index (χ3n) is 3.91. The van der Waals surface area contributed by atoms with E-state index in [0.29, 0.717) is 22.5 Å². The highest BCUT2D eigenvalue weighted by Gasteiger charge is 2.14. The monoisotopic (exact) mass is 413 g/mol. The number of anilines is 1. The molecule has 28 heavy (non-hydrogen) atoms. The van der Waals surface area contributed by atoms with Crippen LogP contribution in [0, 0.1) is 0 Å². The van der Waals surface area contributed by atoms with Gasteiger partial charge in [-0.05, 0) is 24.1 Å². The summed E-state index contributed by atoms with van der Waals surface area (Å²) in [7, 11) is 0. The molecule has 0 radical (unpaired) electrons. The first-order valence-electron chi connectivity index (χ1n) is 8.77. The summed E-state index contributed by atoms with van der Waals surface area (Å²) in [5.74, 6) is 1.38. The first kappa shape index (κ1) is 20.1. The highest BCUT2D eigenvalue weighted by atomic mass is 35.5. The van der Waals surface area contributed by atoms with Crippen molar-refractivity contribution >= 4 is 35.1 Å². The number of hydrogen-bond donors (Lipinski definition) is 1. The fourth-order valence-corrected chi connectivity index (χ4v) is 3.46.